The van der Waals surface area contributed by atoms with E-state index in [1.54, 1.807) is 11.3 Å². The Morgan fingerprint density at radius 1 is 1.53 bits per heavy atom. The van der Waals surface area contributed by atoms with Gasteiger partial charge in [0, 0.05) is 23.5 Å². The summed E-state index contributed by atoms with van der Waals surface area (Å²) < 4.78 is 0. The van der Waals surface area contributed by atoms with Crippen molar-refractivity contribution in [3.63, 3.8) is 0 Å². The second-order valence-corrected chi connectivity index (χ2v) is 5.49. The minimum atomic E-state index is 0.493. The van der Waals surface area contributed by atoms with Gasteiger partial charge in [0.25, 0.3) is 0 Å². The van der Waals surface area contributed by atoms with E-state index in [0.29, 0.717) is 6.04 Å². The standard InChI is InChI=1S/C14H24N2S/c1-5-7-15-13(8-11(3)6-2)9-14-16-12(4)10-17-14/h10,13,15H,3,5-9H2,1-2,4H3. The molecule has 1 aromatic rings. The van der Waals surface area contributed by atoms with Crippen LogP contribution in [0.5, 0.6) is 0 Å². The van der Waals surface area contributed by atoms with Crippen LogP contribution in [-0.4, -0.2) is 17.6 Å². The molecule has 1 unspecified atom stereocenters. The molecule has 2 nitrogen and oxygen atoms in total. The van der Waals surface area contributed by atoms with Crippen LogP contribution in [0.25, 0.3) is 0 Å². The average Bonchev–Trinajstić information content (AvgIpc) is 2.71. The van der Waals surface area contributed by atoms with Gasteiger partial charge >= 0.3 is 0 Å². The minimum Gasteiger partial charge on any atom is -0.313 e. The third kappa shape index (κ3) is 5.46. The Bertz CT molecular complexity index is 344. The molecule has 0 spiro atoms. The molecular weight excluding hydrogens is 228 g/mol. The fourth-order valence-corrected chi connectivity index (χ4v) is 2.62. The van der Waals surface area contributed by atoms with Crippen LogP contribution in [-0.2, 0) is 6.42 Å². The van der Waals surface area contributed by atoms with Gasteiger partial charge < -0.3 is 5.32 Å². The summed E-state index contributed by atoms with van der Waals surface area (Å²) in [7, 11) is 0. The molecular formula is C14H24N2S. The summed E-state index contributed by atoms with van der Waals surface area (Å²) in [4.78, 5) is 4.54. The molecule has 17 heavy (non-hydrogen) atoms. The maximum Gasteiger partial charge on any atom is 0.0943 e. The predicted molar refractivity (Wildman–Crippen MR) is 76.7 cm³/mol. The zero-order valence-electron chi connectivity index (χ0n) is 11.3. The Morgan fingerprint density at radius 2 is 2.29 bits per heavy atom. The Labute approximate surface area is 109 Å². The van der Waals surface area contributed by atoms with Gasteiger partial charge in [-0.05, 0) is 32.7 Å². The average molecular weight is 252 g/mol. The van der Waals surface area contributed by atoms with Crippen LogP contribution in [0, 0.1) is 6.92 Å². The minimum absolute atomic E-state index is 0.493. The van der Waals surface area contributed by atoms with E-state index < -0.39 is 0 Å². The highest BCUT2D eigenvalue weighted by molar-refractivity contribution is 7.09. The number of aryl methyl sites for hydroxylation is 1. The molecule has 1 aromatic heterocycles. The molecule has 0 aliphatic carbocycles. The largest absolute Gasteiger partial charge is 0.313 e. The lowest BCUT2D eigenvalue weighted by Gasteiger charge is -2.18. The fourth-order valence-electron chi connectivity index (χ4n) is 1.77. The number of hydrogen-bond donors (Lipinski definition) is 1. The van der Waals surface area contributed by atoms with Gasteiger partial charge in [-0.2, -0.15) is 0 Å². The van der Waals surface area contributed by atoms with Crippen molar-refractivity contribution in [3.05, 3.63) is 28.2 Å². The van der Waals surface area contributed by atoms with Crippen LogP contribution in [0.4, 0.5) is 0 Å². The number of thiazole rings is 1. The van der Waals surface area contributed by atoms with Gasteiger partial charge in [-0.25, -0.2) is 4.98 Å². The summed E-state index contributed by atoms with van der Waals surface area (Å²) in [6, 6.07) is 0.493. The quantitative estimate of drug-likeness (QED) is 0.713. The van der Waals surface area contributed by atoms with Gasteiger partial charge in [0.05, 0.1) is 5.01 Å². The van der Waals surface area contributed by atoms with Crippen molar-refractivity contribution < 1.29 is 0 Å². The van der Waals surface area contributed by atoms with Gasteiger partial charge in [-0.15, -0.1) is 11.3 Å². The molecule has 0 saturated carbocycles. The Hall–Kier alpha value is -0.670. The van der Waals surface area contributed by atoms with Crippen LogP contribution in [0.1, 0.15) is 43.8 Å². The molecule has 0 amide bonds. The number of hydrogen-bond acceptors (Lipinski definition) is 3. The van der Waals surface area contributed by atoms with Crippen molar-refractivity contribution in [2.75, 3.05) is 6.54 Å². The number of rotatable bonds is 8. The topological polar surface area (TPSA) is 24.9 Å². The molecule has 0 aliphatic rings. The normalized spacial score (nSPS) is 12.6. The Morgan fingerprint density at radius 3 is 2.82 bits per heavy atom. The molecule has 1 heterocycles. The second-order valence-electron chi connectivity index (χ2n) is 4.55. The molecule has 3 heteroatoms. The van der Waals surface area contributed by atoms with E-state index in [0.717, 1.165) is 31.5 Å². The zero-order valence-corrected chi connectivity index (χ0v) is 12.1. The monoisotopic (exact) mass is 252 g/mol. The first kappa shape index (κ1) is 14.4. The van der Waals surface area contributed by atoms with E-state index in [2.05, 4.69) is 43.0 Å². The van der Waals surface area contributed by atoms with Crippen molar-refractivity contribution >= 4 is 11.3 Å². The maximum absolute atomic E-state index is 4.54. The molecule has 1 atom stereocenters. The Balaban J connectivity index is 2.53. The molecule has 0 saturated heterocycles. The molecule has 0 aliphatic heterocycles. The molecule has 0 bridgehead atoms. The first-order valence-electron chi connectivity index (χ1n) is 6.46. The van der Waals surface area contributed by atoms with Crippen LogP contribution >= 0.6 is 11.3 Å². The molecule has 0 radical (unpaired) electrons. The van der Waals surface area contributed by atoms with Crippen LogP contribution < -0.4 is 5.32 Å². The van der Waals surface area contributed by atoms with Crippen molar-refractivity contribution in [2.45, 2.75) is 52.5 Å². The van der Waals surface area contributed by atoms with E-state index >= 15 is 0 Å². The SMILES string of the molecule is C=C(CC)CC(Cc1nc(C)cs1)NCCC. The summed E-state index contributed by atoms with van der Waals surface area (Å²) >= 11 is 1.77. The highest BCUT2D eigenvalue weighted by Crippen LogP contribution is 2.15. The number of aromatic nitrogens is 1. The maximum atomic E-state index is 4.54. The first-order valence-corrected chi connectivity index (χ1v) is 7.34. The zero-order chi connectivity index (χ0) is 12.7. The van der Waals surface area contributed by atoms with Gasteiger partial charge in [0.1, 0.15) is 0 Å². The van der Waals surface area contributed by atoms with Crippen molar-refractivity contribution in [3.8, 4) is 0 Å². The molecule has 1 N–H and O–H groups in total. The summed E-state index contributed by atoms with van der Waals surface area (Å²) in [5.74, 6) is 0. The highest BCUT2D eigenvalue weighted by Gasteiger charge is 2.11. The van der Waals surface area contributed by atoms with Gasteiger partial charge in [-0.3, -0.25) is 0 Å². The van der Waals surface area contributed by atoms with Crippen molar-refractivity contribution in [1.82, 2.24) is 10.3 Å². The van der Waals surface area contributed by atoms with E-state index in [9.17, 15) is 0 Å². The van der Waals surface area contributed by atoms with E-state index in [-0.39, 0.29) is 0 Å². The number of nitrogens with one attached hydrogen (secondary N) is 1. The lowest BCUT2D eigenvalue weighted by molar-refractivity contribution is 0.499. The van der Waals surface area contributed by atoms with Crippen LogP contribution in [0.15, 0.2) is 17.5 Å². The predicted octanol–water partition coefficient (Wildman–Crippen LogP) is 3.72. The van der Waals surface area contributed by atoms with Crippen LogP contribution in [0.2, 0.25) is 0 Å². The summed E-state index contributed by atoms with van der Waals surface area (Å²) in [5.41, 5.74) is 2.46. The van der Waals surface area contributed by atoms with Gasteiger partial charge in [-0.1, -0.05) is 26.0 Å². The molecule has 1 rings (SSSR count). The molecule has 96 valence electrons. The highest BCUT2D eigenvalue weighted by atomic mass is 32.1. The summed E-state index contributed by atoms with van der Waals surface area (Å²) in [6.45, 7) is 11.6. The fraction of sp³-hybridized carbons (Fsp3) is 0.643. The third-order valence-electron chi connectivity index (χ3n) is 2.81. The van der Waals surface area contributed by atoms with E-state index in [1.165, 1.54) is 17.0 Å². The molecule has 0 fully saturated rings. The van der Waals surface area contributed by atoms with Crippen LogP contribution in [0.3, 0.4) is 0 Å². The first-order chi connectivity index (χ1) is 8.15. The lowest BCUT2D eigenvalue weighted by atomic mass is 10.0. The molecule has 0 aromatic carbocycles. The second kappa shape index (κ2) is 7.62. The van der Waals surface area contributed by atoms with Crippen molar-refractivity contribution in [1.29, 1.82) is 0 Å². The summed E-state index contributed by atoms with van der Waals surface area (Å²) in [5, 5.41) is 6.96. The number of nitrogens with zero attached hydrogens (tertiary/aromatic N) is 1. The smallest absolute Gasteiger partial charge is 0.0943 e. The summed E-state index contributed by atoms with van der Waals surface area (Å²) in [6.07, 6.45) is 4.33. The van der Waals surface area contributed by atoms with Gasteiger partial charge in [0.15, 0.2) is 0 Å². The lowest BCUT2D eigenvalue weighted by Crippen LogP contribution is -2.32. The third-order valence-corrected chi connectivity index (χ3v) is 3.79. The Kier molecular flexibility index (Phi) is 6.45. The van der Waals surface area contributed by atoms with Crippen molar-refractivity contribution in [2.24, 2.45) is 0 Å². The van der Waals surface area contributed by atoms with E-state index in [1.807, 2.05) is 0 Å². The van der Waals surface area contributed by atoms with Gasteiger partial charge in [0.2, 0.25) is 0 Å². The van der Waals surface area contributed by atoms with E-state index in [4.69, 9.17) is 0 Å².